The van der Waals surface area contributed by atoms with Crippen molar-refractivity contribution in [2.45, 2.75) is 52.4 Å². The zero-order chi connectivity index (χ0) is 22.8. The minimum absolute atomic E-state index is 0.150. The van der Waals surface area contributed by atoms with Crippen LogP contribution in [0.2, 0.25) is 0 Å². The van der Waals surface area contributed by atoms with Gasteiger partial charge < -0.3 is 14.8 Å². The Morgan fingerprint density at radius 3 is 2.50 bits per heavy atom. The maximum Gasteiger partial charge on any atom is 0.264 e. The Hall–Kier alpha value is -2.73. The molecule has 170 valence electrons. The van der Waals surface area contributed by atoms with Gasteiger partial charge in [-0.1, -0.05) is 62.8 Å². The first-order chi connectivity index (χ1) is 15.6. The number of ether oxygens (including phenoxy) is 2. The molecule has 1 aliphatic heterocycles. The van der Waals surface area contributed by atoms with Gasteiger partial charge in [-0.3, -0.25) is 4.79 Å². The molecule has 2 aromatic rings. The zero-order valence-corrected chi connectivity index (χ0v) is 20.0. The number of carbonyl (C=O) groups excluding carboxylic acids is 1. The lowest BCUT2D eigenvalue weighted by Crippen LogP contribution is -2.19. The quantitative estimate of drug-likeness (QED) is 0.307. The average molecular weight is 453 g/mol. The van der Waals surface area contributed by atoms with Gasteiger partial charge in [0.15, 0.2) is 16.7 Å². The maximum absolute atomic E-state index is 12.4. The fourth-order valence-electron chi connectivity index (χ4n) is 3.33. The molecule has 0 aliphatic carbocycles. The van der Waals surface area contributed by atoms with E-state index in [0.29, 0.717) is 22.4 Å². The molecule has 6 heteroatoms. The molecule has 5 nitrogen and oxygen atoms in total. The van der Waals surface area contributed by atoms with Gasteiger partial charge >= 0.3 is 0 Å². The van der Waals surface area contributed by atoms with Crippen LogP contribution < -0.4 is 14.8 Å². The summed E-state index contributed by atoms with van der Waals surface area (Å²) in [5, 5.41) is 3.41. The summed E-state index contributed by atoms with van der Waals surface area (Å²) >= 11 is 1.33. The summed E-state index contributed by atoms with van der Waals surface area (Å²) in [5.41, 5.74) is 2.86. The minimum Gasteiger partial charge on any atom is -0.493 e. The van der Waals surface area contributed by atoms with Crippen LogP contribution in [0.3, 0.4) is 0 Å². The smallest absolute Gasteiger partial charge is 0.264 e. The molecule has 1 N–H and O–H groups in total. The molecule has 0 bridgehead atoms. The number of nitrogens with one attached hydrogen (secondary N) is 1. The van der Waals surface area contributed by atoms with Gasteiger partial charge in [0.1, 0.15) is 0 Å². The number of aliphatic imine (C=N–C) groups is 1. The Labute approximate surface area is 195 Å². The predicted octanol–water partition coefficient (Wildman–Crippen LogP) is 6.63. The van der Waals surface area contributed by atoms with Crippen molar-refractivity contribution in [3.63, 3.8) is 0 Å². The average Bonchev–Trinajstić information content (AvgIpc) is 3.13. The molecule has 1 heterocycles. The third-order valence-electron chi connectivity index (χ3n) is 5.16. The molecule has 0 spiro atoms. The highest BCUT2D eigenvalue weighted by Crippen LogP contribution is 2.32. The second-order valence-electron chi connectivity index (χ2n) is 7.84. The predicted molar refractivity (Wildman–Crippen MR) is 134 cm³/mol. The van der Waals surface area contributed by atoms with E-state index >= 15 is 0 Å². The number of hydrogen-bond donors (Lipinski definition) is 1. The van der Waals surface area contributed by atoms with Crippen LogP contribution in [0, 0.1) is 6.92 Å². The summed E-state index contributed by atoms with van der Waals surface area (Å²) in [6, 6.07) is 13.6. The van der Waals surface area contributed by atoms with Gasteiger partial charge in [0.05, 0.1) is 24.3 Å². The second kappa shape index (κ2) is 12.3. The van der Waals surface area contributed by atoms with E-state index in [-0.39, 0.29) is 5.91 Å². The van der Waals surface area contributed by atoms with Crippen molar-refractivity contribution in [1.29, 1.82) is 0 Å². The highest BCUT2D eigenvalue weighted by Gasteiger charge is 2.24. The summed E-state index contributed by atoms with van der Waals surface area (Å²) in [5.74, 6) is 1.25. The van der Waals surface area contributed by atoms with Crippen LogP contribution in [0.25, 0.3) is 6.08 Å². The number of amides is 1. The first-order valence-electron chi connectivity index (χ1n) is 11.3. The lowest BCUT2D eigenvalue weighted by atomic mass is 10.1. The van der Waals surface area contributed by atoms with Crippen molar-refractivity contribution in [3.8, 4) is 11.5 Å². The van der Waals surface area contributed by atoms with Crippen LogP contribution in [-0.2, 0) is 4.79 Å². The lowest BCUT2D eigenvalue weighted by Gasteiger charge is -2.11. The molecule has 3 rings (SSSR count). The molecule has 0 aromatic heterocycles. The van der Waals surface area contributed by atoms with Crippen LogP contribution in [0.15, 0.2) is 52.4 Å². The van der Waals surface area contributed by atoms with E-state index in [1.54, 1.807) is 7.11 Å². The minimum atomic E-state index is -0.150. The van der Waals surface area contributed by atoms with Gasteiger partial charge in [0, 0.05) is 0 Å². The van der Waals surface area contributed by atoms with Crippen LogP contribution in [0.1, 0.15) is 56.6 Å². The van der Waals surface area contributed by atoms with Gasteiger partial charge in [-0.2, -0.15) is 0 Å². The van der Waals surface area contributed by atoms with Gasteiger partial charge in [0.2, 0.25) is 0 Å². The lowest BCUT2D eigenvalue weighted by molar-refractivity contribution is -0.115. The van der Waals surface area contributed by atoms with Crippen LogP contribution in [0.5, 0.6) is 11.5 Å². The largest absolute Gasteiger partial charge is 0.493 e. The molecular formula is C26H32N2O3S. The van der Waals surface area contributed by atoms with Gasteiger partial charge in [0.25, 0.3) is 5.91 Å². The fourth-order valence-corrected chi connectivity index (χ4v) is 4.17. The summed E-state index contributed by atoms with van der Waals surface area (Å²) in [6.45, 7) is 4.94. The van der Waals surface area contributed by atoms with E-state index in [1.807, 2.05) is 55.5 Å². The van der Waals surface area contributed by atoms with Crippen molar-refractivity contribution in [2.24, 2.45) is 4.99 Å². The Bertz CT molecular complexity index is 968. The van der Waals surface area contributed by atoms with Gasteiger partial charge in [-0.25, -0.2) is 4.99 Å². The van der Waals surface area contributed by atoms with E-state index in [9.17, 15) is 4.79 Å². The van der Waals surface area contributed by atoms with E-state index in [1.165, 1.54) is 49.4 Å². The second-order valence-corrected chi connectivity index (χ2v) is 8.87. The van der Waals surface area contributed by atoms with E-state index in [4.69, 9.17) is 9.47 Å². The van der Waals surface area contributed by atoms with E-state index in [2.05, 4.69) is 17.2 Å². The Balaban J connectivity index is 1.60. The summed E-state index contributed by atoms with van der Waals surface area (Å²) < 4.78 is 11.4. The molecule has 2 aromatic carbocycles. The number of amidine groups is 1. The van der Waals surface area contributed by atoms with E-state index < -0.39 is 0 Å². The molecule has 1 aliphatic rings. The van der Waals surface area contributed by atoms with Crippen LogP contribution >= 0.6 is 11.8 Å². The summed E-state index contributed by atoms with van der Waals surface area (Å²) in [4.78, 5) is 17.5. The van der Waals surface area contributed by atoms with Crippen molar-refractivity contribution < 1.29 is 14.3 Å². The summed E-state index contributed by atoms with van der Waals surface area (Å²) in [6.07, 6.45) is 9.20. The van der Waals surface area contributed by atoms with Crippen molar-refractivity contribution in [3.05, 3.63) is 58.5 Å². The highest BCUT2D eigenvalue weighted by atomic mass is 32.2. The number of rotatable bonds is 11. The highest BCUT2D eigenvalue weighted by molar-refractivity contribution is 8.18. The number of benzene rings is 2. The Kier molecular flexibility index (Phi) is 9.23. The van der Waals surface area contributed by atoms with Crippen molar-refractivity contribution in [1.82, 2.24) is 5.32 Å². The number of thioether (sulfide) groups is 1. The molecule has 0 unspecified atom stereocenters. The molecule has 1 saturated heterocycles. The molecule has 0 saturated carbocycles. The monoisotopic (exact) mass is 452 g/mol. The number of aryl methyl sites for hydroxylation is 1. The summed E-state index contributed by atoms with van der Waals surface area (Å²) in [7, 11) is 1.63. The molecule has 0 radical (unpaired) electrons. The first kappa shape index (κ1) is 23.9. The third-order valence-corrected chi connectivity index (χ3v) is 6.07. The standard InChI is InChI=1S/C26H32N2O3S/c1-4-5-6-7-8-9-16-31-22-15-12-20(17-23(22)30-3)18-24-25(29)28-26(32-24)27-21-13-10-19(2)11-14-21/h10-15,17-18H,4-9,16H2,1-3H3,(H,27,28,29)/b24-18+. The topological polar surface area (TPSA) is 59.9 Å². The van der Waals surface area contributed by atoms with Crippen molar-refractivity contribution >= 4 is 34.6 Å². The number of carbonyl (C=O) groups is 1. The van der Waals surface area contributed by atoms with Crippen LogP contribution in [-0.4, -0.2) is 24.8 Å². The third kappa shape index (κ3) is 7.16. The molecule has 1 fully saturated rings. The van der Waals surface area contributed by atoms with Gasteiger partial charge in [-0.05, 0) is 61.0 Å². The normalized spacial score (nSPS) is 15.9. The SMILES string of the molecule is CCCCCCCCOc1ccc(/C=C2/SC(=Nc3ccc(C)cc3)NC2=O)cc1OC. The Morgan fingerprint density at radius 2 is 1.75 bits per heavy atom. The Morgan fingerprint density at radius 1 is 1.00 bits per heavy atom. The molecular weight excluding hydrogens is 420 g/mol. The first-order valence-corrected chi connectivity index (χ1v) is 12.1. The molecule has 1 amide bonds. The van der Waals surface area contributed by atoms with E-state index in [0.717, 1.165) is 23.4 Å². The number of hydrogen-bond acceptors (Lipinski definition) is 5. The molecule has 32 heavy (non-hydrogen) atoms. The molecule has 0 atom stereocenters. The number of nitrogens with zero attached hydrogens (tertiary/aromatic N) is 1. The fraction of sp³-hybridized carbons (Fsp3) is 0.385. The van der Waals surface area contributed by atoms with Gasteiger partial charge in [-0.15, -0.1) is 0 Å². The zero-order valence-electron chi connectivity index (χ0n) is 19.1. The number of methoxy groups -OCH3 is 1. The van der Waals surface area contributed by atoms with Crippen molar-refractivity contribution in [2.75, 3.05) is 13.7 Å². The van der Waals surface area contributed by atoms with Crippen LogP contribution in [0.4, 0.5) is 5.69 Å². The maximum atomic E-state index is 12.4. The number of unbranched alkanes of at least 4 members (excludes halogenated alkanes) is 5.